The smallest absolute Gasteiger partial charge is 0.324 e. The predicted octanol–water partition coefficient (Wildman–Crippen LogP) is 3.34. The van der Waals surface area contributed by atoms with Crippen molar-refractivity contribution in [2.75, 3.05) is 24.3 Å². The van der Waals surface area contributed by atoms with Gasteiger partial charge in [-0.3, -0.25) is 10.1 Å². The summed E-state index contributed by atoms with van der Waals surface area (Å²) in [5, 5.41) is 5.63. The van der Waals surface area contributed by atoms with Gasteiger partial charge in [0.15, 0.2) is 0 Å². The second kappa shape index (κ2) is 7.00. The van der Waals surface area contributed by atoms with Crippen LogP contribution in [0.5, 0.6) is 0 Å². The number of hydrogen-bond acceptors (Lipinski definition) is 4. The van der Waals surface area contributed by atoms with Crippen LogP contribution in [0.3, 0.4) is 0 Å². The van der Waals surface area contributed by atoms with Crippen LogP contribution in [0.2, 0.25) is 0 Å². The number of urea groups is 1. The Morgan fingerprint density at radius 2 is 2.15 bits per heavy atom. The molecule has 7 heteroatoms. The highest BCUT2D eigenvalue weighted by atomic mass is 16.5. The van der Waals surface area contributed by atoms with Gasteiger partial charge in [-0.2, -0.15) is 0 Å². The fraction of sp³-hybridized carbons (Fsp3) is 0.350. The quantitative estimate of drug-likeness (QED) is 0.873. The molecule has 0 radical (unpaired) electrons. The molecule has 3 amide bonds. The van der Waals surface area contributed by atoms with Gasteiger partial charge in [0.05, 0.1) is 12.1 Å². The molecule has 140 valence electrons. The van der Waals surface area contributed by atoms with Gasteiger partial charge >= 0.3 is 6.03 Å². The van der Waals surface area contributed by atoms with E-state index in [0.29, 0.717) is 23.6 Å². The molecule has 0 saturated carbocycles. The lowest BCUT2D eigenvalue weighted by atomic mass is 9.94. The van der Waals surface area contributed by atoms with E-state index < -0.39 is 0 Å². The summed E-state index contributed by atoms with van der Waals surface area (Å²) in [5.41, 5.74) is 3.19. The lowest BCUT2D eigenvalue weighted by Crippen LogP contribution is -2.38. The molecule has 3 heterocycles. The minimum Gasteiger partial charge on any atom is -0.381 e. The number of nitrogens with zero attached hydrogens (tertiary/aromatic N) is 2. The summed E-state index contributed by atoms with van der Waals surface area (Å²) in [6, 6.07) is 8.65. The van der Waals surface area contributed by atoms with E-state index in [0.717, 1.165) is 24.0 Å². The van der Waals surface area contributed by atoms with Crippen LogP contribution in [0, 0.1) is 6.92 Å². The van der Waals surface area contributed by atoms with Gasteiger partial charge in [-0.25, -0.2) is 9.78 Å². The molecule has 1 fully saturated rings. The number of methoxy groups -OCH3 is 1. The van der Waals surface area contributed by atoms with Crippen LogP contribution in [-0.4, -0.2) is 41.6 Å². The Morgan fingerprint density at radius 1 is 1.30 bits per heavy atom. The number of anilines is 2. The minimum atomic E-state index is -0.383. The third kappa shape index (κ3) is 3.26. The Labute approximate surface area is 157 Å². The molecule has 2 atom stereocenters. The molecule has 1 aromatic carbocycles. The number of amides is 3. The Hall–Kier alpha value is -2.93. The molecule has 2 aromatic rings. The zero-order chi connectivity index (χ0) is 19.0. The molecule has 1 saturated heterocycles. The molecule has 7 nitrogen and oxygen atoms in total. The number of aryl methyl sites for hydroxylation is 1. The topological polar surface area (TPSA) is 83.6 Å². The first kappa shape index (κ1) is 17.5. The van der Waals surface area contributed by atoms with E-state index in [1.54, 1.807) is 25.4 Å². The maximum atomic E-state index is 12.7. The largest absolute Gasteiger partial charge is 0.381 e. The zero-order valence-corrected chi connectivity index (χ0v) is 15.4. The van der Waals surface area contributed by atoms with Crippen LogP contribution in [0.1, 0.15) is 40.4 Å². The third-order valence-electron chi connectivity index (χ3n) is 5.22. The molecular weight excluding hydrogens is 344 g/mol. The van der Waals surface area contributed by atoms with E-state index >= 15 is 0 Å². The summed E-state index contributed by atoms with van der Waals surface area (Å²) in [7, 11) is 1.70. The molecule has 0 unspecified atom stereocenters. The van der Waals surface area contributed by atoms with Crippen molar-refractivity contribution in [2.24, 2.45) is 0 Å². The molecule has 0 bridgehead atoms. The third-order valence-corrected chi connectivity index (χ3v) is 5.22. The van der Waals surface area contributed by atoms with E-state index in [1.165, 1.54) is 0 Å². The second-order valence-corrected chi connectivity index (χ2v) is 6.96. The standard InChI is InChI=1S/C20H22N4O3/c1-12-6-8-21-17(10-12)23-20(26)22-15-5-3-4-14-18(15)16-11-13(27-2)7-9-24(16)19(14)25/h3-6,8,10,13,16H,7,9,11H2,1-2H3,(H2,21,22,23,26)/t13-,16+/m1/s1. The molecule has 0 spiro atoms. The molecule has 4 rings (SSSR count). The molecule has 2 aliphatic rings. The summed E-state index contributed by atoms with van der Waals surface area (Å²) in [4.78, 5) is 31.2. The molecule has 27 heavy (non-hydrogen) atoms. The number of benzene rings is 1. The molecule has 2 N–H and O–H groups in total. The number of carbonyl (C=O) groups excluding carboxylic acids is 2. The SMILES string of the molecule is CO[C@@H]1CCN2C(=O)c3cccc(NC(=O)Nc4cc(C)ccn4)c3[C@@H]2C1. The number of hydrogen-bond donors (Lipinski definition) is 2. The predicted molar refractivity (Wildman–Crippen MR) is 102 cm³/mol. The molecule has 0 aliphatic carbocycles. The number of piperidine rings is 1. The second-order valence-electron chi connectivity index (χ2n) is 6.96. The number of pyridine rings is 1. The van der Waals surface area contributed by atoms with Crippen LogP contribution in [-0.2, 0) is 4.74 Å². The Kier molecular flexibility index (Phi) is 4.53. The molecule has 2 aliphatic heterocycles. The van der Waals surface area contributed by atoms with Gasteiger partial charge in [0.25, 0.3) is 5.91 Å². The van der Waals surface area contributed by atoms with Gasteiger partial charge in [0, 0.05) is 36.7 Å². The summed E-state index contributed by atoms with van der Waals surface area (Å²) < 4.78 is 5.51. The van der Waals surface area contributed by atoms with Crippen LogP contribution < -0.4 is 10.6 Å². The monoisotopic (exact) mass is 366 g/mol. The molecular formula is C20H22N4O3. The summed E-state index contributed by atoms with van der Waals surface area (Å²) in [6.07, 6.45) is 3.32. The number of rotatable bonds is 3. The first-order valence-electron chi connectivity index (χ1n) is 9.04. The van der Waals surface area contributed by atoms with Crippen molar-refractivity contribution in [3.05, 3.63) is 53.2 Å². The number of nitrogens with one attached hydrogen (secondary N) is 2. The average molecular weight is 366 g/mol. The van der Waals surface area contributed by atoms with E-state index in [9.17, 15) is 9.59 Å². The summed E-state index contributed by atoms with van der Waals surface area (Å²) in [5.74, 6) is 0.504. The van der Waals surface area contributed by atoms with Crippen molar-refractivity contribution in [1.29, 1.82) is 0 Å². The van der Waals surface area contributed by atoms with Crippen LogP contribution in [0.25, 0.3) is 0 Å². The Balaban J connectivity index is 1.58. The Bertz CT molecular complexity index is 899. The van der Waals surface area contributed by atoms with Crippen LogP contribution in [0.15, 0.2) is 36.5 Å². The van der Waals surface area contributed by atoms with Gasteiger partial charge in [-0.1, -0.05) is 6.07 Å². The summed E-state index contributed by atoms with van der Waals surface area (Å²) >= 11 is 0. The molecule has 1 aromatic heterocycles. The lowest BCUT2D eigenvalue weighted by Gasteiger charge is -2.34. The van der Waals surface area contributed by atoms with Crippen molar-refractivity contribution in [1.82, 2.24) is 9.88 Å². The number of aromatic nitrogens is 1. The highest BCUT2D eigenvalue weighted by molar-refractivity contribution is 6.05. The van der Waals surface area contributed by atoms with Gasteiger partial charge in [0.1, 0.15) is 5.82 Å². The first-order chi connectivity index (χ1) is 13.1. The number of ether oxygens (including phenoxy) is 1. The highest BCUT2D eigenvalue weighted by Crippen LogP contribution is 2.44. The maximum Gasteiger partial charge on any atom is 0.324 e. The van der Waals surface area contributed by atoms with Crippen LogP contribution in [0.4, 0.5) is 16.3 Å². The fourth-order valence-electron chi connectivity index (χ4n) is 3.91. The van der Waals surface area contributed by atoms with E-state index in [1.807, 2.05) is 30.0 Å². The van der Waals surface area contributed by atoms with Crippen molar-refractivity contribution >= 4 is 23.4 Å². The highest BCUT2D eigenvalue weighted by Gasteiger charge is 2.42. The van der Waals surface area contributed by atoms with Crippen molar-refractivity contribution < 1.29 is 14.3 Å². The fourth-order valence-corrected chi connectivity index (χ4v) is 3.91. The number of carbonyl (C=O) groups is 2. The normalized spacial score (nSPS) is 20.8. The summed E-state index contributed by atoms with van der Waals surface area (Å²) in [6.45, 7) is 2.60. The number of fused-ring (bicyclic) bond motifs is 3. The zero-order valence-electron chi connectivity index (χ0n) is 15.4. The van der Waals surface area contributed by atoms with Gasteiger partial charge in [-0.15, -0.1) is 0 Å². The van der Waals surface area contributed by atoms with Gasteiger partial charge in [0.2, 0.25) is 0 Å². The van der Waals surface area contributed by atoms with Crippen molar-refractivity contribution in [3.8, 4) is 0 Å². The maximum absolute atomic E-state index is 12.7. The van der Waals surface area contributed by atoms with E-state index in [-0.39, 0.29) is 24.1 Å². The first-order valence-corrected chi connectivity index (χ1v) is 9.04. The van der Waals surface area contributed by atoms with Crippen molar-refractivity contribution in [3.63, 3.8) is 0 Å². The van der Waals surface area contributed by atoms with E-state index in [2.05, 4.69) is 15.6 Å². The van der Waals surface area contributed by atoms with Crippen LogP contribution >= 0.6 is 0 Å². The van der Waals surface area contributed by atoms with Crippen molar-refractivity contribution in [2.45, 2.75) is 31.9 Å². The minimum absolute atomic E-state index is 0.0222. The van der Waals surface area contributed by atoms with Gasteiger partial charge in [-0.05, 0) is 49.6 Å². The Morgan fingerprint density at radius 3 is 2.93 bits per heavy atom. The van der Waals surface area contributed by atoms with E-state index in [4.69, 9.17) is 4.74 Å². The average Bonchev–Trinajstić information content (AvgIpc) is 2.94. The lowest BCUT2D eigenvalue weighted by molar-refractivity contribution is 0.0172. The van der Waals surface area contributed by atoms with Gasteiger partial charge < -0.3 is 15.0 Å².